The van der Waals surface area contributed by atoms with E-state index in [0.29, 0.717) is 12.1 Å². The van der Waals surface area contributed by atoms with Gasteiger partial charge in [0.25, 0.3) is 5.91 Å². The summed E-state index contributed by atoms with van der Waals surface area (Å²) in [6.45, 7) is 0.951. The van der Waals surface area contributed by atoms with Crippen LogP contribution >= 0.6 is 11.3 Å². The number of Topliss-reactive ketones (excluding diaryl/α,β-unsaturated/α-hetero) is 1. The summed E-state index contributed by atoms with van der Waals surface area (Å²) in [5.74, 6) is -0.637. The number of amides is 1. The van der Waals surface area contributed by atoms with Gasteiger partial charge in [-0.1, -0.05) is 30.3 Å². The van der Waals surface area contributed by atoms with Crippen LogP contribution in [0.1, 0.15) is 39.6 Å². The largest absolute Gasteiger partial charge is 0.364 e. The summed E-state index contributed by atoms with van der Waals surface area (Å²) in [6, 6.07) is 9.71. The van der Waals surface area contributed by atoms with Gasteiger partial charge >= 0.3 is 0 Å². The first-order chi connectivity index (χ1) is 10.6. The Morgan fingerprint density at radius 3 is 2.73 bits per heavy atom. The van der Waals surface area contributed by atoms with Gasteiger partial charge in [-0.2, -0.15) is 0 Å². The molecular weight excluding hydrogens is 298 g/mol. The van der Waals surface area contributed by atoms with E-state index in [2.05, 4.69) is 10.3 Å². The predicted octanol–water partition coefficient (Wildman–Crippen LogP) is 2.23. The van der Waals surface area contributed by atoms with E-state index < -0.39 is 5.91 Å². The molecule has 1 aliphatic rings. The van der Waals surface area contributed by atoms with Crippen molar-refractivity contribution in [3.8, 4) is 10.4 Å². The zero-order chi connectivity index (χ0) is 15.5. The zero-order valence-electron chi connectivity index (χ0n) is 12.0. The first-order valence-electron chi connectivity index (χ1n) is 7.28. The van der Waals surface area contributed by atoms with Crippen molar-refractivity contribution in [2.24, 2.45) is 5.73 Å². The van der Waals surface area contributed by atoms with Crippen LogP contribution in [-0.2, 0) is 0 Å². The number of thiazole rings is 1. The summed E-state index contributed by atoms with van der Waals surface area (Å²) in [4.78, 5) is 28.9. The Hall–Kier alpha value is -2.05. The van der Waals surface area contributed by atoms with Crippen molar-refractivity contribution in [2.45, 2.75) is 25.3 Å². The number of nitrogens with one attached hydrogen (secondary N) is 1. The van der Waals surface area contributed by atoms with Crippen LogP contribution in [-0.4, -0.2) is 29.3 Å². The van der Waals surface area contributed by atoms with Crippen molar-refractivity contribution in [3.05, 3.63) is 41.0 Å². The van der Waals surface area contributed by atoms with E-state index in [0.717, 1.165) is 29.8 Å². The maximum absolute atomic E-state index is 12.6. The van der Waals surface area contributed by atoms with Crippen LogP contribution in [0, 0.1) is 0 Å². The highest BCUT2D eigenvalue weighted by Crippen LogP contribution is 2.31. The molecule has 3 N–H and O–H groups in total. The molecule has 1 saturated heterocycles. The summed E-state index contributed by atoms with van der Waals surface area (Å²) in [6.07, 6.45) is 2.49. The van der Waals surface area contributed by atoms with Gasteiger partial charge < -0.3 is 11.1 Å². The Kier molecular flexibility index (Phi) is 4.31. The molecule has 2 aromatic rings. The third kappa shape index (κ3) is 3.08. The Bertz CT molecular complexity index is 691. The second-order valence-corrected chi connectivity index (χ2v) is 6.35. The third-order valence-corrected chi connectivity index (χ3v) is 4.85. The molecule has 3 rings (SSSR count). The number of carbonyl (C=O) groups is 2. The summed E-state index contributed by atoms with van der Waals surface area (Å²) < 4.78 is 0. The van der Waals surface area contributed by atoms with Crippen molar-refractivity contribution < 1.29 is 9.59 Å². The van der Waals surface area contributed by atoms with Crippen molar-refractivity contribution in [1.82, 2.24) is 10.3 Å². The molecule has 1 aliphatic heterocycles. The van der Waals surface area contributed by atoms with Crippen LogP contribution in [0.15, 0.2) is 30.3 Å². The normalized spacial score (nSPS) is 17.5. The molecule has 0 spiro atoms. The molecule has 1 amide bonds. The van der Waals surface area contributed by atoms with Crippen LogP contribution in [0.2, 0.25) is 0 Å². The predicted molar refractivity (Wildman–Crippen MR) is 86.0 cm³/mol. The van der Waals surface area contributed by atoms with E-state index in [1.54, 1.807) is 0 Å². The molecular formula is C16H17N3O2S. The van der Waals surface area contributed by atoms with Crippen molar-refractivity contribution in [2.75, 3.05) is 6.54 Å². The molecule has 1 aromatic carbocycles. The molecule has 5 nitrogen and oxygen atoms in total. The first kappa shape index (κ1) is 14.9. The number of nitrogens with two attached hydrogens (primary N) is 1. The van der Waals surface area contributed by atoms with Crippen LogP contribution < -0.4 is 11.1 Å². The maximum atomic E-state index is 12.6. The van der Waals surface area contributed by atoms with E-state index in [-0.39, 0.29) is 16.8 Å². The molecule has 1 fully saturated rings. The molecule has 0 radical (unpaired) electrons. The fourth-order valence-electron chi connectivity index (χ4n) is 2.65. The molecule has 1 atom stereocenters. The number of hydrogen-bond donors (Lipinski definition) is 2. The number of primary amides is 1. The Morgan fingerprint density at radius 1 is 1.32 bits per heavy atom. The van der Waals surface area contributed by atoms with E-state index in [1.165, 1.54) is 11.3 Å². The summed E-state index contributed by atoms with van der Waals surface area (Å²) in [5.41, 5.74) is 6.57. The van der Waals surface area contributed by atoms with Crippen LogP contribution in [0.3, 0.4) is 0 Å². The van der Waals surface area contributed by atoms with E-state index in [1.807, 2.05) is 30.3 Å². The smallest absolute Gasteiger partial charge is 0.277 e. The minimum Gasteiger partial charge on any atom is -0.364 e. The molecule has 1 aromatic heterocycles. The second-order valence-electron chi connectivity index (χ2n) is 5.35. The highest BCUT2D eigenvalue weighted by Gasteiger charge is 2.25. The molecule has 0 aliphatic carbocycles. The highest BCUT2D eigenvalue weighted by atomic mass is 32.1. The summed E-state index contributed by atoms with van der Waals surface area (Å²) in [5, 5.41) is 3.49. The SMILES string of the molecule is NC(=O)c1nc(C(=O)C[C@H]2CCCN2)c(-c2ccccc2)s1. The standard InChI is InChI=1S/C16H17N3O2S/c17-15(21)16-19-13(12(20)9-11-7-4-8-18-11)14(22-16)10-5-2-1-3-6-10/h1-3,5-6,11,18H,4,7-9H2,(H2,17,21)/t11-/m1/s1. The fourth-order valence-corrected chi connectivity index (χ4v) is 3.59. The maximum Gasteiger partial charge on any atom is 0.277 e. The van der Waals surface area contributed by atoms with Gasteiger partial charge in [0.15, 0.2) is 10.8 Å². The fraction of sp³-hybridized carbons (Fsp3) is 0.312. The number of aromatic nitrogens is 1. The summed E-state index contributed by atoms with van der Waals surface area (Å²) >= 11 is 1.18. The average molecular weight is 315 g/mol. The van der Waals surface area contributed by atoms with Gasteiger partial charge in [-0.15, -0.1) is 11.3 Å². The topological polar surface area (TPSA) is 85.1 Å². The van der Waals surface area contributed by atoms with E-state index in [4.69, 9.17) is 5.73 Å². The lowest BCUT2D eigenvalue weighted by Crippen LogP contribution is -2.25. The minimum atomic E-state index is -0.597. The van der Waals surface area contributed by atoms with Gasteiger partial charge in [0.05, 0.1) is 4.88 Å². The van der Waals surface area contributed by atoms with Crippen LogP contribution in [0.5, 0.6) is 0 Å². The lowest BCUT2D eigenvalue weighted by molar-refractivity contribution is 0.0968. The summed E-state index contributed by atoms with van der Waals surface area (Å²) in [7, 11) is 0. The van der Waals surface area contributed by atoms with Crippen molar-refractivity contribution in [1.29, 1.82) is 0 Å². The molecule has 0 saturated carbocycles. The van der Waals surface area contributed by atoms with Gasteiger partial charge in [0.1, 0.15) is 5.69 Å². The number of rotatable bonds is 5. The number of nitrogens with zero attached hydrogens (tertiary/aromatic N) is 1. The second kappa shape index (κ2) is 6.37. The molecule has 114 valence electrons. The van der Waals surface area contributed by atoms with E-state index in [9.17, 15) is 9.59 Å². The molecule has 2 heterocycles. The van der Waals surface area contributed by atoms with Crippen molar-refractivity contribution >= 4 is 23.0 Å². The van der Waals surface area contributed by atoms with Gasteiger partial charge in [-0.05, 0) is 24.9 Å². The molecule has 6 heteroatoms. The van der Waals surface area contributed by atoms with Crippen molar-refractivity contribution in [3.63, 3.8) is 0 Å². The Morgan fingerprint density at radius 2 is 2.09 bits per heavy atom. The van der Waals surface area contributed by atoms with Gasteiger partial charge in [-0.25, -0.2) is 4.98 Å². The molecule has 22 heavy (non-hydrogen) atoms. The number of ketones is 1. The molecule has 0 unspecified atom stereocenters. The highest BCUT2D eigenvalue weighted by molar-refractivity contribution is 7.17. The minimum absolute atomic E-state index is 0.0398. The number of hydrogen-bond acceptors (Lipinski definition) is 5. The quantitative estimate of drug-likeness (QED) is 0.829. The van der Waals surface area contributed by atoms with Crippen LogP contribution in [0.25, 0.3) is 10.4 Å². The van der Waals surface area contributed by atoms with Gasteiger partial charge in [0.2, 0.25) is 0 Å². The lowest BCUT2D eigenvalue weighted by atomic mass is 10.0. The van der Waals surface area contributed by atoms with E-state index >= 15 is 0 Å². The Balaban J connectivity index is 1.94. The Labute approximate surface area is 132 Å². The van der Waals surface area contributed by atoms with Gasteiger partial charge in [0, 0.05) is 12.5 Å². The monoisotopic (exact) mass is 315 g/mol. The van der Waals surface area contributed by atoms with Gasteiger partial charge in [-0.3, -0.25) is 9.59 Å². The number of carbonyl (C=O) groups excluding carboxylic acids is 2. The van der Waals surface area contributed by atoms with Crippen LogP contribution in [0.4, 0.5) is 0 Å². The lowest BCUT2D eigenvalue weighted by Gasteiger charge is -2.08. The average Bonchev–Trinajstić information content (AvgIpc) is 3.17. The third-order valence-electron chi connectivity index (χ3n) is 3.73. The first-order valence-corrected chi connectivity index (χ1v) is 8.09. The molecule has 0 bridgehead atoms. The zero-order valence-corrected chi connectivity index (χ0v) is 12.9. The number of benzene rings is 1.